The van der Waals surface area contributed by atoms with E-state index in [0.29, 0.717) is 19.3 Å². The van der Waals surface area contributed by atoms with Gasteiger partial charge in [-0.3, -0.25) is 0 Å². The molecule has 5 N–H and O–H groups in total. The van der Waals surface area contributed by atoms with E-state index in [9.17, 15) is 35.1 Å². The van der Waals surface area contributed by atoms with Gasteiger partial charge in [-0.05, 0) is 50.5 Å². The summed E-state index contributed by atoms with van der Waals surface area (Å²) in [6.07, 6.45) is 3.06. The minimum atomic E-state index is -1.60. The Morgan fingerprint density at radius 2 is 1.87 bits per heavy atom. The summed E-state index contributed by atoms with van der Waals surface area (Å²) in [4.78, 5) is 24.7. The molecular formula is C29H40O10. The number of aliphatic hydroxyl groups excluding tert-OH is 3. The molecule has 10 heteroatoms. The number of rotatable bonds is 4. The van der Waals surface area contributed by atoms with E-state index in [1.54, 1.807) is 19.1 Å². The molecule has 1 saturated heterocycles. The molecule has 4 aliphatic carbocycles. The Bertz CT molecular complexity index is 1080. The monoisotopic (exact) mass is 548 g/mol. The highest BCUT2D eigenvalue weighted by Crippen LogP contribution is 2.69. The zero-order valence-electron chi connectivity index (χ0n) is 22.4. The second-order valence-electron chi connectivity index (χ2n) is 13.1. The van der Waals surface area contributed by atoms with Crippen LogP contribution in [-0.2, 0) is 23.8 Å². The van der Waals surface area contributed by atoms with Gasteiger partial charge in [-0.1, -0.05) is 19.1 Å². The summed E-state index contributed by atoms with van der Waals surface area (Å²) in [7, 11) is 0. The first kappa shape index (κ1) is 27.5. The van der Waals surface area contributed by atoms with Crippen LogP contribution >= 0.6 is 0 Å². The number of aldehydes is 1. The van der Waals surface area contributed by atoms with E-state index in [-0.39, 0.29) is 38.2 Å². The third-order valence-electron chi connectivity index (χ3n) is 11.3. The van der Waals surface area contributed by atoms with Crippen molar-refractivity contribution in [2.24, 2.45) is 28.6 Å². The number of fused-ring (bicyclic) bond motifs is 5. The van der Waals surface area contributed by atoms with Crippen molar-refractivity contribution in [2.75, 3.05) is 6.61 Å². The Morgan fingerprint density at radius 1 is 1.10 bits per heavy atom. The molecule has 2 heterocycles. The number of carbonyl (C=O) groups excluding carboxylic acids is 2. The fraction of sp³-hybridized carbons (Fsp3) is 0.793. The summed E-state index contributed by atoms with van der Waals surface area (Å²) in [5.41, 5.74) is -4.06. The lowest BCUT2D eigenvalue weighted by Crippen LogP contribution is -2.70. The molecule has 0 aromatic carbocycles. The van der Waals surface area contributed by atoms with E-state index in [1.807, 2.05) is 6.92 Å². The quantitative estimate of drug-likeness (QED) is 0.190. The van der Waals surface area contributed by atoms with Crippen LogP contribution in [0.2, 0.25) is 0 Å². The van der Waals surface area contributed by atoms with E-state index < -0.39 is 76.6 Å². The van der Waals surface area contributed by atoms with Gasteiger partial charge in [-0.2, -0.15) is 0 Å². The summed E-state index contributed by atoms with van der Waals surface area (Å²) in [6.45, 7) is 3.80. The predicted octanol–water partition coefficient (Wildman–Crippen LogP) is 0.526. The largest absolute Gasteiger partial charge is 0.458 e. The highest BCUT2D eigenvalue weighted by molar-refractivity contribution is 5.85. The fourth-order valence-corrected chi connectivity index (χ4v) is 9.24. The van der Waals surface area contributed by atoms with Crippen molar-refractivity contribution in [3.05, 3.63) is 23.8 Å². The number of hydrogen-bond acceptors (Lipinski definition) is 10. The number of carbonyl (C=O) groups is 2. The summed E-state index contributed by atoms with van der Waals surface area (Å²) < 4.78 is 17.0. The SMILES string of the molecule is C[C@@H]1O[C@H](O[C@H]2CC[C@]3(C=O)C4C(C=C[C@]3(O)C2)[C@@]2(O)CC[C@H](C3=CC(=O)OC3)[C@@]2(C)C[C@H]4O)C[C@@H](O)[C@@H]1O. The molecule has 13 atom stereocenters. The van der Waals surface area contributed by atoms with Crippen molar-refractivity contribution in [3.8, 4) is 0 Å². The van der Waals surface area contributed by atoms with Crippen LogP contribution in [0.3, 0.4) is 0 Å². The standard InChI is InChI=1S/C29H40O10/c1-15-25(34)20(31)10-23(38-15)39-17-3-6-27(14-30)24-19(4-7-28(27,35)11-17)29(36)8-5-18(16-9-22(33)37-13-16)26(29,2)12-21(24)32/h4,7,9,14-15,17-21,23-25,31-32,34-36H,3,5-6,8,10-13H2,1-2H3/t15-,17-,18+,19?,20+,21+,23+,24?,25+,26+,27-,28-,29-/m0/s1. The Hall–Kier alpha value is -1.66. The van der Waals surface area contributed by atoms with Crippen LogP contribution in [0.4, 0.5) is 0 Å². The molecule has 39 heavy (non-hydrogen) atoms. The van der Waals surface area contributed by atoms with Crippen LogP contribution in [0.1, 0.15) is 58.8 Å². The molecule has 2 unspecified atom stereocenters. The fourth-order valence-electron chi connectivity index (χ4n) is 9.24. The molecule has 10 nitrogen and oxygen atoms in total. The molecule has 3 saturated carbocycles. The summed E-state index contributed by atoms with van der Waals surface area (Å²) >= 11 is 0. The average molecular weight is 549 g/mol. The molecule has 0 radical (unpaired) electrons. The minimum absolute atomic E-state index is 0.0930. The van der Waals surface area contributed by atoms with Gasteiger partial charge in [-0.15, -0.1) is 0 Å². The lowest BCUT2D eigenvalue weighted by atomic mass is 9.43. The highest BCUT2D eigenvalue weighted by Gasteiger charge is 2.72. The molecule has 4 fully saturated rings. The third-order valence-corrected chi connectivity index (χ3v) is 11.3. The number of esters is 1. The molecule has 6 rings (SSSR count). The molecule has 0 spiro atoms. The second-order valence-corrected chi connectivity index (χ2v) is 13.1. The number of ether oxygens (including phenoxy) is 3. The second kappa shape index (κ2) is 9.17. The van der Waals surface area contributed by atoms with Gasteiger partial charge in [0.15, 0.2) is 6.29 Å². The van der Waals surface area contributed by atoms with Gasteiger partial charge >= 0.3 is 5.97 Å². The van der Waals surface area contributed by atoms with Crippen LogP contribution in [-0.4, -0.2) is 92.4 Å². The maximum atomic E-state index is 13.0. The number of cyclic esters (lactones) is 1. The molecule has 6 aliphatic rings. The predicted molar refractivity (Wildman–Crippen MR) is 135 cm³/mol. The van der Waals surface area contributed by atoms with Crippen molar-refractivity contribution < 1.29 is 49.3 Å². The molecular weight excluding hydrogens is 508 g/mol. The van der Waals surface area contributed by atoms with Gasteiger partial charge in [0, 0.05) is 36.2 Å². The van der Waals surface area contributed by atoms with Gasteiger partial charge in [-0.25, -0.2) is 4.79 Å². The zero-order valence-corrected chi connectivity index (χ0v) is 22.4. The lowest BCUT2D eigenvalue weighted by molar-refractivity contribution is -0.278. The highest BCUT2D eigenvalue weighted by atomic mass is 16.7. The Labute approximate surface area is 227 Å². The van der Waals surface area contributed by atoms with E-state index in [0.717, 1.165) is 11.9 Å². The van der Waals surface area contributed by atoms with Gasteiger partial charge in [0.1, 0.15) is 19.0 Å². The Balaban J connectivity index is 1.28. The normalized spacial score (nSPS) is 54.8. The van der Waals surface area contributed by atoms with E-state index in [2.05, 4.69) is 0 Å². The minimum Gasteiger partial charge on any atom is -0.458 e. The van der Waals surface area contributed by atoms with E-state index >= 15 is 0 Å². The summed E-state index contributed by atoms with van der Waals surface area (Å²) in [5, 5.41) is 56.1. The van der Waals surface area contributed by atoms with Gasteiger partial charge < -0.3 is 44.5 Å². The van der Waals surface area contributed by atoms with Crippen molar-refractivity contribution in [2.45, 2.75) is 107 Å². The average Bonchev–Trinajstić information content (AvgIpc) is 3.41. The van der Waals surface area contributed by atoms with E-state index in [4.69, 9.17) is 14.2 Å². The van der Waals surface area contributed by atoms with Crippen LogP contribution < -0.4 is 0 Å². The number of aliphatic hydroxyl groups is 5. The van der Waals surface area contributed by atoms with Crippen LogP contribution in [0.15, 0.2) is 23.8 Å². The van der Waals surface area contributed by atoms with E-state index in [1.165, 1.54) is 6.08 Å². The third kappa shape index (κ3) is 3.79. The summed E-state index contributed by atoms with van der Waals surface area (Å²) in [6, 6.07) is 0. The van der Waals surface area contributed by atoms with Crippen molar-refractivity contribution in [1.29, 1.82) is 0 Å². The van der Waals surface area contributed by atoms with Gasteiger partial charge in [0.2, 0.25) is 0 Å². The topological polar surface area (TPSA) is 163 Å². The van der Waals surface area contributed by atoms with Crippen molar-refractivity contribution >= 4 is 12.3 Å². The van der Waals surface area contributed by atoms with Crippen LogP contribution in [0.25, 0.3) is 0 Å². The molecule has 0 aromatic heterocycles. The zero-order chi connectivity index (χ0) is 28.0. The first-order valence-corrected chi connectivity index (χ1v) is 14.2. The molecule has 0 aromatic rings. The van der Waals surface area contributed by atoms with Gasteiger partial charge in [0.05, 0.1) is 41.0 Å². The molecule has 0 amide bonds. The van der Waals surface area contributed by atoms with Crippen molar-refractivity contribution in [1.82, 2.24) is 0 Å². The van der Waals surface area contributed by atoms with Crippen LogP contribution in [0.5, 0.6) is 0 Å². The molecule has 0 bridgehead atoms. The van der Waals surface area contributed by atoms with Crippen molar-refractivity contribution in [3.63, 3.8) is 0 Å². The Kier molecular flexibility index (Phi) is 6.47. The lowest BCUT2D eigenvalue weighted by Gasteiger charge is -2.64. The first-order chi connectivity index (χ1) is 18.4. The summed E-state index contributed by atoms with van der Waals surface area (Å²) in [5.74, 6) is -1.78. The maximum absolute atomic E-state index is 13.0. The van der Waals surface area contributed by atoms with Crippen LogP contribution in [0, 0.1) is 28.6 Å². The first-order valence-electron chi connectivity index (χ1n) is 14.2. The maximum Gasteiger partial charge on any atom is 0.331 e. The van der Waals surface area contributed by atoms with Gasteiger partial charge in [0.25, 0.3) is 0 Å². The molecule has 216 valence electrons. The number of hydrogen-bond donors (Lipinski definition) is 5. The molecule has 2 aliphatic heterocycles. The smallest absolute Gasteiger partial charge is 0.331 e. The Morgan fingerprint density at radius 3 is 2.54 bits per heavy atom.